The van der Waals surface area contributed by atoms with E-state index in [4.69, 9.17) is 9.47 Å². The fraction of sp³-hybridized carbons (Fsp3) is 0.750. The Balaban J connectivity index is 2.98. The van der Waals surface area contributed by atoms with Crippen LogP contribution in [-0.2, 0) is 18.9 Å². The smallest absolute Gasteiger partial charge is 0.438 e. The molecule has 0 aromatic carbocycles. The minimum Gasteiger partial charge on any atom is -0.438 e. The summed E-state index contributed by atoms with van der Waals surface area (Å²) in [6, 6.07) is 0. The summed E-state index contributed by atoms with van der Waals surface area (Å²) in [6.45, 7) is 0.168. The van der Waals surface area contributed by atoms with E-state index in [-0.39, 0.29) is 39.6 Å². The molecule has 0 radical (unpaired) electrons. The summed E-state index contributed by atoms with van der Waals surface area (Å²) in [5.41, 5.74) is 0. The standard InChI is InChI=1S/C8H12F2O6/c9-7(11)15-5-3-13-1-2-14-4-6-16-8(10)12/h1-6H2. The molecule has 0 spiro atoms. The summed E-state index contributed by atoms with van der Waals surface area (Å²) in [4.78, 5) is 19.3. The highest BCUT2D eigenvalue weighted by Gasteiger charge is 1.98. The Morgan fingerprint density at radius 3 is 1.31 bits per heavy atom. The largest absolute Gasteiger partial charge is 0.495 e. The van der Waals surface area contributed by atoms with Gasteiger partial charge in [-0.05, 0) is 0 Å². The second kappa shape index (κ2) is 10.2. The lowest BCUT2D eigenvalue weighted by atomic mass is 10.7. The lowest BCUT2D eigenvalue weighted by molar-refractivity contribution is 0.0110. The van der Waals surface area contributed by atoms with Gasteiger partial charge in [0.05, 0.1) is 26.4 Å². The van der Waals surface area contributed by atoms with Crippen LogP contribution in [0.4, 0.5) is 18.4 Å². The monoisotopic (exact) mass is 242 g/mol. The van der Waals surface area contributed by atoms with Crippen molar-refractivity contribution < 1.29 is 37.3 Å². The molecule has 8 heteroatoms. The maximum Gasteiger partial charge on any atom is 0.495 e. The molecule has 0 fully saturated rings. The van der Waals surface area contributed by atoms with Crippen LogP contribution >= 0.6 is 0 Å². The Morgan fingerprint density at radius 2 is 1.00 bits per heavy atom. The Kier molecular flexibility index (Phi) is 9.43. The molecule has 0 aliphatic carbocycles. The Hall–Kier alpha value is -1.28. The maximum atomic E-state index is 11.5. The first-order valence-electron chi connectivity index (χ1n) is 4.43. The summed E-state index contributed by atoms with van der Waals surface area (Å²) >= 11 is 0. The van der Waals surface area contributed by atoms with Gasteiger partial charge in [-0.3, -0.25) is 0 Å². The molecule has 0 N–H and O–H groups in total. The third kappa shape index (κ3) is 12.7. The Labute approximate surface area is 90.4 Å². The number of halogens is 2. The predicted octanol–water partition coefficient (Wildman–Crippen LogP) is 1.23. The van der Waals surface area contributed by atoms with Crippen molar-refractivity contribution >= 4 is 12.4 Å². The third-order valence-corrected chi connectivity index (χ3v) is 1.26. The van der Waals surface area contributed by atoms with Crippen molar-refractivity contribution in [2.75, 3.05) is 39.6 Å². The summed E-state index contributed by atoms with van der Waals surface area (Å²) in [5, 5.41) is 0. The molecule has 0 unspecified atom stereocenters. The number of hydrogen-bond donors (Lipinski definition) is 0. The van der Waals surface area contributed by atoms with Gasteiger partial charge in [0.15, 0.2) is 0 Å². The summed E-state index contributed by atoms with van der Waals surface area (Å²) < 4.78 is 40.5. The molecule has 0 saturated heterocycles. The first-order valence-corrected chi connectivity index (χ1v) is 4.43. The first-order chi connectivity index (χ1) is 7.63. The van der Waals surface area contributed by atoms with Crippen molar-refractivity contribution in [3.8, 4) is 0 Å². The van der Waals surface area contributed by atoms with Gasteiger partial charge in [-0.1, -0.05) is 0 Å². The average molecular weight is 242 g/mol. The van der Waals surface area contributed by atoms with Gasteiger partial charge < -0.3 is 18.9 Å². The van der Waals surface area contributed by atoms with Crippen molar-refractivity contribution in [1.82, 2.24) is 0 Å². The second-order valence-electron chi connectivity index (χ2n) is 2.40. The molecule has 0 aromatic heterocycles. The Bertz CT molecular complexity index is 189. The molecule has 0 aliphatic heterocycles. The van der Waals surface area contributed by atoms with Crippen molar-refractivity contribution in [2.45, 2.75) is 0 Å². The highest BCUT2D eigenvalue weighted by Crippen LogP contribution is 1.85. The van der Waals surface area contributed by atoms with E-state index >= 15 is 0 Å². The van der Waals surface area contributed by atoms with Gasteiger partial charge in [-0.15, -0.1) is 8.78 Å². The number of ether oxygens (including phenoxy) is 4. The van der Waals surface area contributed by atoms with Crippen LogP contribution in [-0.4, -0.2) is 52.1 Å². The van der Waals surface area contributed by atoms with E-state index in [1.54, 1.807) is 0 Å². The van der Waals surface area contributed by atoms with Gasteiger partial charge in [-0.25, -0.2) is 9.59 Å². The predicted molar refractivity (Wildman–Crippen MR) is 46.6 cm³/mol. The molecule has 0 amide bonds. The molecule has 0 rings (SSSR count). The van der Waals surface area contributed by atoms with E-state index in [2.05, 4.69) is 9.47 Å². The van der Waals surface area contributed by atoms with Gasteiger partial charge >= 0.3 is 12.4 Å². The fourth-order valence-electron chi connectivity index (χ4n) is 0.684. The molecule has 0 aliphatic rings. The quantitative estimate of drug-likeness (QED) is 0.447. The van der Waals surface area contributed by atoms with Crippen LogP contribution in [0, 0.1) is 0 Å². The lowest BCUT2D eigenvalue weighted by Gasteiger charge is -2.04. The number of carbonyl (C=O) groups excluding carboxylic acids is 2. The third-order valence-electron chi connectivity index (χ3n) is 1.26. The second-order valence-corrected chi connectivity index (χ2v) is 2.40. The molecule has 0 atom stereocenters. The van der Waals surface area contributed by atoms with E-state index in [0.29, 0.717) is 0 Å². The fourth-order valence-corrected chi connectivity index (χ4v) is 0.684. The zero-order valence-corrected chi connectivity index (χ0v) is 8.45. The van der Waals surface area contributed by atoms with Crippen LogP contribution in [0.15, 0.2) is 0 Å². The van der Waals surface area contributed by atoms with Crippen LogP contribution in [0.3, 0.4) is 0 Å². The summed E-state index contributed by atoms with van der Waals surface area (Å²) in [6.07, 6.45) is -3.71. The molecular weight excluding hydrogens is 230 g/mol. The van der Waals surface area contributed by atoms with Gasteiger partial charge in [0.25, 0.3) is 0 Å². The van der Waals surface area contributed by atoms with Crippen LogP contribution in [0.1, 0.15) is 0 Å². The van der Waals surface area contributed by atoms with Crippen LogP contribution in [0.5, 0.6) is 0 Å². The van der Waals surface area contributed by atoms with Crippen molar-refractivity contribution in [3.05, 3.63) is 0 Å². The van der Waals surface area contributed by atoms with Crippen molar-refractivity contribution in [1.29, 1.82) is 0 Å². The molecular formula is C8H12F2O6. The van der Waals surface area contributed by atoms with Gasteiger partial charge in [0.2, 0.25) is 0 Å². The molecule has 0 bridgehead atoms. The molecule has 0 aromatic rings. The molecule has 0 heterocycles. The zero-order valence-electron chi connectivity index (χ0n) is 8.45. The topological polar surface area (TPSA) is 71.1 Å². The van der Waals surface area contributed by atoms with Gasteiger partial charge in [0.1, 0.15) is 13.2 Å². The molecule has 16 heavy (non-hydrogen) atoms. The van der Waals surface area contributed by atoms with E-state index in [1.807, 2.05) is 0 Å². The lowest BCUT2D eigenvalue weighted by Crippen LogP contribution is -2.12. The maximum absolute atomic E-state index is 11.5. The van der Waals surface area contributed by atoms with E-state index in [1.165, 1.54) is 0 Å². The Morgan fingerprint density at radius 1 is 0.688 bits per heavy atom. The minimum atomic E-state index is -1.85. The van der Waals surface area contributed by atoms with Crippen molar-refractivity contribution in [3.63, 3.8) is 0 Å². The number of rotatable bonds is 9. The van der Waals surface area contributed by atoms with Crippen LogP contribution in [0.2, 0.25) is 0 Å². The summed E-state index contributed by atoms with van der Waals surface area (Å²) in [7, 11) is 0. The van der Waals surface area contributed by atoms with Gasteiger partial charge in [-0.2, -0.15) is 0 Å². The van der Waals surface area contributed by atoms with E-state index in [9.17, 15) is 18.4 Å². The molecule has 0 saturated carbocycles. The number of carbonyl (C=O) groups is 2. The average Bonchev–Trinajstić information content (AvgIpc) is 2.20. The zero-order chi connectivity index (χ0) is 12.2. The van der Waals surface area contributed by atoms with Crippen molar-refractivity contribution in [2.24, 2.45) is 0 Å². The first kappa shape index (κ1) is 14.7. The minimum absolute atomic E-state index is 0.0541. The van der Waals surface area contributed by atoms with Crippen LogP contribution < -0.4 is 0 Å². The normalized spacial score (nSPS) is 9.88. The highest BCUT2D eigenvalue weighted by atomic mass is 19.2. The van der Waals surface area contributed by atoms with E-state index < -0.39 is 12.4 Å². The van der Waals surface area contributed by atoms with Crippen LogP contribution in [0.25, 0.3) is 0 Å². The SMILES string of the molecule is O=C(F)OCCOCCOCCOC(=O)F. The summed E-state index contributed by atoms with van der Waals surface area (Å²) in [5.74, 6) is 0. The number of hydrogen-bond acceptors (Lipinski definition) is 6. The highest BCUT2D eigenvalue weighted by molar-refractivity contribution is 5.58. The molecule has 94 valence electrons. The molecule has 6 nitrogen and oxygen atoms in total. The van der Waals surface area contributed by atoms with E-state index in [0.717, 1.165) is 0 Å². The van der Waals surface area contributed by atoms with Gasteiger partial charge in [0, 0.05) is 0 Å².